The fraction of sp³-hybridized carbons (Fsp3) is 0.158. The molecule has 8 heteroatoms. The number of hydrogen-bond donors (Lipinski definition) is 0. The normalized spacial score (nSPS) is 10.7. The highest BCUT2D eigenvalue weighted by Crippen LogP contribution is 2.19. The summed E-state index contributed by atoms with van der Waals surface area (Å²) in [7, 11) is 1.23. The molecular formula is C19H15FN2O4S. The van der Waals surface area contributed by atoms with Crippen molar-refractivity contribution in [2.24, 2.45) is 0 Å². The lowest BCUT2D eigenvalue weighted by atomic mass is 10.1. The molecule has 0 radical (unpaired) electrons. The van der Waals surface area contributed by atoms with E-state index in [0.717, 1.165) is 11.8 Å². The summed E-state index contributed by atoms with van der Waals surface area (Å²) in [6, 6.07) is 12.0. The zero-order valence-corrected chi connectivity index (χ0v) is 15.2. The largest absolute Gasteiger partial charge is 0.468 e. The number of nitrogens with zero attached hydrogens (tertiary/aromatic N) is 2. The van der Waals surface area contributed by atoms with Gasteiger partial charge in [0, 0.05) is 5.56 Å². The summed E-state index contributed by atoms with van der Waals surface area (Å²) in [5.41, 5.74) is 0.439. The van der Waals surface area contributed by atoms with Crippen molar-refractivity contribution < 1.29 is 18.7 Å². The molecule has 27 heavy (non-hydrogen) atoms. The van der Waals surface area contributed by atoms with Gasteiger partial charge in [0.25, 0.3) is 5.56 Å². The molecule has 0 atom stereocenters. The highest BCUT2D eigenvalue weighted by molar-refractivity contribution is 7.99. The number of fused-ring (bicyclic) bond motifs is 1. The molecule has 0 aliphatic rings. The quantitative estimate of drug-likeness (QED) is 0.281. The minimum absolute atomic E-state index is 0.0163. The molecule has 0 saturated carbocycles. The molecule has 0 unspecified atom stereocenters. The first-order valence-corrected chi connectivity index (χ1v) is 8.96. The minimum atomic E-state index is -0.596. The molecule has 0 fully saturated rings. The molecule has 1 aromatic heterocycles. The van der Waals surface area contributed by atoms with Gasteiger partial charge in [-0.15, -0.1) is 0 Å². The number of halogens is 1. The number of Topliss-reactive ketones (excluding diaryl/α,β-unsaturated/α-hetero) is 1. The third-order valence-corrected chi connectivity index (χ3v) is 4.82. The molecule has 0 amide bonds. The Balaban J connectivity index is 1.93. The summed E-state index contributed by atoms with van der Waals surface area (Å²) in [5, 5.41) is 0.607. The van der Waals surface area contributed by atoms with E-state index in [1.165, 1.54) is 35.9 Å². The molecule has 3 rings (SSSR count). The summed E-state index contributed by atoms with van der Waals surface area (Å²) in [6.45, 7) is -0.305. The number of aromatic nitrogens is 2. The van der Waals surface area contributed by atoms with Crippen LogP contribution < -0.4 is 5.56 Å². The summed E-state index contributed by atoms with van der Waals surface area (Å²) in [4.78, 5) is 41.1. The van der Waals surface area contributed by atoms with Crippen molar-refractivity contribution in [3.8, 4) is 0 Å². The highest BCUT2D eigenvalue weighted by atomic mass is 32.2. The van der Waals surface area contributed by atoms with Crippen LogP contribution >= 0.6 is 11.8 Å². The summed E-state index contributed by atoms with van der Waals surface area (Å²) in [5.74, 6) is -1.28. The maximum absolute atomic E-state index is 13.0. The number of thioether (sulfide) groups is 1. The molecule has 0 aliphatic heterocycles. The Kier molecular flexibility index (Phi) is 5.66. The van der Waals surface area contributed by atoms with Crippen LogP contribution in [0, 0.1) is 5.82 Å². The van der Waals surface area contributed by atoms with Crippen molar-refractivity contribution in [1.29, 1.82) is 0 Å². The van der Waals surface area contributed by atoms with E-state index in [-0.39, 0.29) is 28.8 Å². The number of hydrogen-bond acceptors (Lipinski definition) is 6. The van der Waals surface area contributed by atoms with Gasteiger partial charge in [0.2, 0.25) is 0 Å². The number of rotatable bonds is 6. The van der Waals surface area contributed by atoms with Gasteiger partial charge in [0.05, 0.1) is 23.8 Å². The van der Waals surface area contributed by atoms with Crippen LogP contribution in [0.5, 0.6) is 0 Å². The highest BCUT2D eigenvalue weighted by Gasteiger charge is 2.16. The van der Waals surface area contributed by atoms with E-state index in [2.05, 4.69) is 9.72 Å². The van der Waals surface area contributed by atoms with E-state index in [0.29, 0.717) is 16.5 Å². The molecule has 0 aliphatic carbocycles. The molecule has 6 nitrogen and oxygen atoms in total. The number of carbonyl (C=O) groups excluding carboxylic acids is 2. The molecular weight excluding hydrogens is 371 g/mol. The lowest BCUT2D eigenvalue weighted by Crippen LogP contribution is -2.27. The number of carbonyl (C=O) groups is 2. The van der Waals surface area contributed by atoms with Crippen molar-refractivity contribution in [2.75, 3.05) is 12.9 Å². The van der Waals surface area contributed by atoms with Gasteiger partial charge in [-0.25, -0.2) is 9.37 Å². The topological polar surface area (TPSA) is 78.3 Å². The molecule has 0 saturated heterocycles. The maximum atomic E-state index is 13.0. The van der Waals surface area contributed by atoms with E-state index in [1.807, 2.05) is 0 Å². The summed E-state index contributed by atoms with van der Waals surface area (Å²) < 4.78 is 18.8. The maximum Gasteiger partial charge on any atom is 0.325 e. The first-order chi connectivity index (χ1) is 13.0. The lowest BCUT2D eigenvalue weighted by molar-refractivity contribution is -0.141. The van der Waals surface area contributed by atoms with Crippen LogP contribution in [-0.4, -0.2) is 34.2 Å². The fourth-order valence-corrected chi connectivity index (χ4v) is 3.33. The van der Waals surface area contributed by atoms with Crippen molar-refractivity contribution in [1.82, 2.24) is 9.55 Å². The van der Waals surface area contributed by atoms with Crippen LogP contribution in [0.3, 0.4) is 0 Å². The Morgan fingerprint density at radius 3 is 2.56 bits per heavy atom. The average Bonchev–Trinajstić information content (AvgIpc) is 2.69. The van der Waals surface area contributed by atoms with Gasteiger partial charge in [-0.05, 0) is 36.4 Å². The van der Waals surface area contributed by atoms with Gasteiger partial charge in [0.15, 0.2) is 10.9 Å². The van der Waals surface area contributed by atoms with E-state index >= 15 is 0 Å². The minimum Gasteiger partial charge on any atom is -0.468 e. The fourth-order valence-electron chi connectivity index (χ4n) is 2.44. The summed E-state index contributed by atoms with van der Waals surface area (Å²) in [6.07, 6.45) is 0. The molecule has 2 aromatic carbocycles. The molecule has 3 aromatic rings. The van der Waals surface area contributed by atoms with Crippen LogP contribution in [0.2, 0.25) is 0 Å². The van der Waals surface area contributed by atoms with Gasteiger partial charge in [-0.2, -0.15) is 0 Å². The average molecular weight is 386 g/mol. The second kappa shape index (κ2) is 8.13. The van der Waals surface area contributed by atoms with E-state index in [9.17, 15) is 18.8 Å². The van der Waals surface area contributed by atoms with E-state index in [1.54, 1.807) is 24.3 Å². The Hall–Kier alpha value is -3.00. The predicted octanol–water partition coefficient (Wildman–Crippen LogP) is 2.68. The van der Waals surface area contributed by atoms with Crippen LogP contribution in [0.4, 0.5) is 4.39 Å². The van der Waals surface area contributed by atoms with Crippen molar-refractivity contribution >= 4 is 34.4 Å². The zero-order chi connectivity index (χ0) is 19.4. The standard InChI is InChI=1S/C19H15FN2O4S/c1-26-17(24)10-22-18(25)14-4-2-3-5-15(14)21-19(22)27-11-16(23)12-6-8-13(20)9-7-12/h2-9H,10-11H2,1H3. The Labute approximate surface area is 158 Å². The third kappa shape index (κ3) is 4.22. The van der Waals surface area contributed by atoms with E-state index in [4.69, 9.17) is 0 Å². The van der Waals surface area contributed by atoms with Gasteiger partial charge in [-0.3, -0.25) is 19.0 Å². The molecule has 0 bridgehead atoms. The van der Waals surface area contributed by atoms with Gasteiger partial charge in [0.1, 0.15) is 12.4 Å². The SMILES string of the molecule is COC(=O)Cn1c(SCC(=O)c2ccc(F)cc2)nc2ccccc2c1=O. The van der Waals surface area contributed by atoms with Crippen molar-refractivity contribution in [3.63, 3.8) is 0 Å². The van der Waals surface area contributed by atoms with Crippen molar-refractivity contribution in [2.45, 2.75) is 11.7 Å². The first-order valence-electron chi connectivity index (χ1n) is 7.97. The number of ketones is 1. The number of benzene rings is 2. The second-order valence-corrected chi connectivity index (χ2v) is 6.54. The van der Waals surface area contributed by atoms with Gasteiger partial charge >= 0.3 is 5.97 Å². The lowest BCUT2D eigenvalue weighted by Gasteiger charge is -2.12. The number of para-hydroxylation sites is 1. The number of methoxy groups -OCH3 is 1. The number of esters is 1. The second-order valence-electron chi connectivity index (χ2n) is 5.60. The zero-order valence-electron chi connectivity index (χ0n) is 14.3. The molecule has 1 heterocycles. The van der Waals surface area contributed by atoms with Gasteiger partial charge in [-0.1, -0.05) is 23.9 Å². The van der Waals surface area contributed by atoms with Crippen LogP contribution in [-0.2, 0) is 16.1 Å². The van der Waals surface area contributed by atoms with Gasteiger partial charge < -0.3 is 4.74 Å². The predicted molar refractivity (Wildman–Crippen MR) is 99.5 cm³/mol. The smallest absolute Gasteiger partial charge is 0.325 e. The first kappa shape index (κ1) is 18.8. The third-order valence-electron chi connectivity index (χ3n) is 3.84. The van der Waals surface area contributed by atoms with Crippen LogP contribution in [0.1, 0.15) is 10.4 Å². The molecule has 138 valence electrons. The van der Waals surface area contributed by atoms with Crippen LogP contribution in [0.15, 0.2) is 58.5 Å². The summed E-state index contributed by atoms with van der Waals surface area (Å²) >= 11 is 1.04. The molecule has 0 spiro atoms. The Bertz CT molecular complexity index is 1060. The molecule has 0 N–H and O–H groups in total. The number of ether oxygens (including phenoxy) is 1. The Morgan fingerprint density at radius 1 is 1.15 bits per heavy atom. The Morgan fingerprint density at radius 2 is 1.85 bits per heavy atom. The van der Waals surface area contributed by atoms with E-state index < -0.39 is 11.8 Å². The van der Waals surface area contributed by atoms with Crippen molar-refractivity contribution in [3.05, 3.63) is 70.3 Å². The van der Waals surface area contributed by atoms with Crippen LogP contribution in [0.25, 0.3) is 10.9 Å². The monoisotopic (exact) mass is 386 g/mol.